The number of ether oxygens (including phenoxy) is 1. The van der Waals surface area contributed by atoms with Gasteiger partial charge in [0.05, 0.1) is 6.61 Å². The molecular weight excluding hydrogens is 304 g/mol. The van der Waals surface area contributed by atoms with E-state index in [2.05, 4.69) is 17.1 Å². The Labute approximate surface area is 146 Å². The number of unbranched alkanes of at least 4 members (excludes halogenated alkanes) is 1. The van der Waals surface area contributed by atoms with Crippen LogP contribution in [0.4, 0.5) is 0 Å². The molecule has 0 unspecified atom stereocenters. The van der Waals surface area contributed by atoms with Crippen molar-refractivity contribution in [3.8, 4) is 5.75 Å². The Hall–Kier alpha value is -1.13. The van der Waals surface area contributed by atoms with Crippen LogP contribution in [-0.2, 0) is 0 Å². The van der Waals surface area contributed by atoms with Crippen LogP contribution in [0.25, 0.3) is 0 Å². The number of hydrogen-bond donors (Lipinski definition) is 1. The molecule has 0 radical (unpaired) electrons. The van der Waals surface area contributed by atoms with Gasteiger partial charge >= 0.3 is 0 Å². The molecule has 1 N–H and O–H groups in total. The van der Waals surface area contributed by atoms with Gasteiger partial charge in [-0.1, -0.05) is 32.0 Å². The van der Waals surface area contributed by atoms with Crippen LogP contribution in [0, 0.1) is 0 Å². The van der Waals surface area contributed by atoms with Gasteiger partial charge in [-0.15, -0.1) is 0 Å². The predicted octanol–water partition coefficient (Wildman–Crippen LogP) is 4.01. The lowest BCUT2D eigenvalue weighted by molar-refractivity contribution is 0.227. The normalized spacial score (nSPS) is 15.3. The number of rotatable bonds is 9. The molecule has 1 aliphatic rings. The van der Waals surface area contributed by atoms with Crippen molar-refractivity contribution in [3.63, 3.8) is 0 Å². The van der Waals surface area contributed by atoms with Crippen LogP contribution in [0.5, 0.6) is 5.75 Å². The Bertz CT molecular complexity index is 455. The second-order valence-electron chi connectivity index (χ2n) is 6.24. The van der Waals surface area contributed by atoms with Gasteiger partial charge in [0.1, 0.15) is 10.7 Å². The first kappa shape index (κ1) is 18.2. The zero-order valence-electron chi connectivity index (χ0n) is 14.4. The van der Waals surface area contributed by atoms with E-state index < -0.39 is 0 Å². The van der Waals surface area contributed by atoms with E-state index in [0.717, 1.165) is 48.7 Å². The summed E-state index contributed by atoms with van der Waals surface area (Å²) in [5.41, 5.74) is 1.07. The average molecular weight is 335 g/mol. The third-order valence-corrected chi connectivity index (χ3v) is 4.65. The molecule has 0 atom stereocenters. The summed E-state index contributed by atoms with van der Waals surface area (Å²) in [6.45, 7) is 7.62. The molecule has 0 bridgehead atoms. The number of benzene rings is 1. The lowest BCUT2D eigenvalue weighted by Gasteiger charge is -2.26. The highest BCUT2D eigenvalue weighted by Gasteiger charge is 2.09. The summed E-state index contributed by atoms with van der Waals surface area (Å²) in [4.78, 5) is 3.40. The molecule has 2 rings (SSSR count). The van der Waals surface area contributed by atoms with Crippen LogP contribution in [0.2, 0.25) is 0 Å². The summed E-state index contributed by atoms with van der Waals surface area (Å²) >= 11 is 5.47. The van der Waals surface area contributed by atoms with Crippen molar-refractivity contribution < 1.29 is 4.74 Å². The van der Waals surface area contributed by atoms with E-state index in [1.54, 1.807) is 0 Å². The van der Waals surface area contributed by atoms with Crippen LogP contribution in [0.3, 0.4) is 0 Å². The third-order valence-electron chi connectivity index (χ3n) is 4.27. The van der Waals surface area contributed by atoms with Gasteiger partial charge < -0.3 is 15.0 Å². The summed E-state index contributed by atoms with van der Waals surface area (Å²) in [6.07, 6.45) is 7.52. The second-order valence-corrected chi connectivity index (χ2v) is 6.65. The Morgan fingerprint density at radius 1 is 1.13 bits per heavy atom. The molecule has 1 saturated heterocycles. The van der Waals surface area contributed by atoms with Crippen LogP contribution < -0.4 is 10.1 Å². The quantitative estimate of drug-likeness (QED) is 0.545. The van der Waals surface area contributed by atoms with Crippen molar-refractivity contribution in [2.24, 2.45) is 0 Å². The number of nitrogens with one attached hydrogen (secondary N) is 1. The van der Waals surface area contributed by atoms with Crippen molar-refractivity contribution in [1.29, 1.82) is 0 Å². The zero-order chi connectivity index (χ0) is 16.3. The van der Waals surface area contributed by atoms with Crippen molar-refractivity contribution in [1.82, 2.24) is 10.2 Å². The first-order valence-electron chi connectivity index (χ1n) is 9.03. The van der Waals surface area contributed by atoms with Crippen molar-refractivity contribution in [3.05, 3.63) is 29.8 Å². The number of hydrogen-bond acceptors (Lipinski definition) is 3. The molecule has 1 aliphatic heterocycles. The SMILES string of the molecule is CCCCOc1ccc(C(=S)NCCCN2CCCCC2)cc1. The van der Waals surface area contributed by atoms with Gasteiger partial charge in [0.25, 0.3) is 0 Å². The number of piperidine rings is 1. The molecule has 1 fully saturated rings. The molecule has 0 saturated carbocycles. The van der Waals surface area contributed by atoms with Crippen LogP contribution >= 0.6 is 12.2 Å². The minimum atomic E-state index is 0.787. The maximum atomic E-state index is 5.68. The predicted molar refractivity (Wildman–Crippen MR) is 101 cm³/mol. The lowest BCUT2D eigenvalue weighted by atomic mass is 10.1. The van der Waals surface area contributed by atoms with Crippen molar-refractivity contribution >= 4 is 17.2 Å². The van der Waals surface area contributed by atoms with Crippen LogP contribution in [0.1, 0.15) is 51.0 Å². The number of thiocarbonyl (C=S) groups is 1. The monoisotopic (exact) mass is 334 g/mol. The highest BCUT2D eigenvalue weighted by atomic mass is 32.1. The van der Waals surface area contributed by atoms with E-state index in [-0.39, 0.29) is 0 Å². The number of likely N-dealkylation sites (tertiary alicyclic amines) is 1. The first-order chi connectivity index (χ1) is 11.3. The second kappa shape index (κ2) is 10.6. The summed E-state index contributed by atoms with van der Waals surface area (Å²) < 4.78 is 5.68. The van der Waals surface area contributed by atoms with Gasteiger partial charge in [-0.05, 0) is 69.6 Å². The van der Waals surface area contributed by atoms with E-state index in [0.29, 0.717) is 0 Å². The van der Waals surface area contributed by atoms with E-state index in [1.807, 2.05) is 24.3 Å². The maximum Gasteiger partial charge on any atom is 0.119 e. The Balaban J connectivity index is 1.64. The molecule has 1 heterocycles. The highest BCUT2D eigenvalue weighted by Crippen LogP contribution is 2.13. The van der Waals surface area contributed by atoms with Gasteiger partial charge in [-0.2, -0.15) is 0 Å². The lowest BCUT2D eigenvalue weighted by Crippen LogP contribution is -2.33. The van der Waals surface area contributed by atoms with Gasteiger partial charge in [-0.25, -0.2) is 0 Å². The summed E-state index contributed by atoms with van der Waals surface area (Å²) in [5, 5.41) is 3.37. The highest BCUT2D eigenvalue weighted by molar-refractivity contribution is 7.80. The Morgan fingerprint density at radius 3 is 2.57 bits per heavy atom. The average Bonchev–Trinajstić information content (AvgIpc) is 2.60. The van der Waals surface area contributed by atoms with Crippen molar-refractivity contribution in [2.75, 3.05) is 32.8 Å². The Kier molecular flexibility index (Phi) is 8.40. The fraction of sp³-hybridized carbons (Fsp3) is 0.632. The van der Waals surface area contributed by atoms with Gasteiger partial charge in [-0.3, -0.25) is 0 Å². The fourth-order valence-corrected chi connectivity index (χ4v) is 3.06. The van der Waals surface area contributed by atoms with Crippen molar-refractivity contribution in [2.45, 2.75) is 45.4 Å². The topological polar surface area (TPSA) is 24.5 Å². The largest absolute Gasteiger partial charge is 0.494 e. The third kappa shape index (κ3) is 6.88. The molecule has 0 aromatic heterocycles. The molecule has 0 spiro atoms. The molecule has 128 valence electrons. The molecule has 0 aliphatic carbocycles. The molecular formula is C19H30N2OS. The van der Waals surface area contributed by atoms with E-state index in [4.69, 9.17) is 17.0 Å². The molecule has 0 amide bonds. The van der Waals surface area contributed by atoms with E-state index >= 15 is 0 Å². The van der Waals surface area contributed by atoms with E-state index in [9.17, 15) is 0 Å². The molecule has 3 nitrogen and oxygen atoms in total. The smallest absolute Gasteiger partial charge is 0.119 e. The molecule has 4 heteroatoms. The summed E-state index contributed by atoms with van der Waals surface area (Å²) in [5.74, 6) is 0.926. The maximum absolute atomic E-state index is 5.68. The minimum Gasteiger partial charge on any atom is -0.494 e. The standard InChI is InChI=1S/C19H30N2OS/c1-2-3-16-22-18-10-8-17(9-11-18)19(23)20-12-7-15-21-13-5-4-6-14-21/h8-11H,2-7,12-16H2,1H3,(H,20,23). The minimum absolute atomic E-state index is 0.787. The summed E-state index contributed by atoms with van der Waals surface area (Å²) in [7, 11) is 0. The van der Waals surface area contributed by atoms with E-state index in [1.165, 1.54) is 38.9 Å². The number of nitrogens with zero attached hydrogens (tertiary/aromatic N) is 1. The Morgan fingerprint density at radius 2 is 1.87 bits per heavy atom. The van der Waals surface area contributed by atoms with Crippen LogP contribution in [0.15, 0.2) is 24.3 Å². The molecule has 1 aromatic carbocycles. The molecule has 23 heavy (non-hydrogen) atoms. The first-order valence-corrected chi connectivity index (χ1v) is 9.44. The van der Waals surface area contributed by atoms with Gasteiger partial charge in [0.15, 0.2) is 0 Å². The zero-order valence-corrected chi connectivity index (χ0v) is 15.2. The van der Waals surface area contributed by atoms with Gasteiger partial charge in [0.2, 0.25) is 0 Å². The van der Waals surface area contributed by atoms with Gasteiger partial charge in [0, 0.05) is 12.1 Å². The fourth-order valence-electron chi connectivity index (χ4n) is 2.83. The summed E-state index contributed by atoms with van der Waals surface area (Å²) in [6, 6.07) is 8.10. The van der Waals surface area contributed by atoms with Crippen LogP contribution in [-0.4, -0.2) is 42.7 Å². The molecule has 1 aromatic rings.